The first-order valence-corrected chi connectivity index (χ1v) is 11.1. The van der Waals surface area contributed by atoms with Crippen molar-refractivity contribution in [2.45, 2.75) is 43.2 Å². The predicted molar refractivity (Wildman–Crippen MR) is 120 cm³/mol. The summed E-state index contributed by atoms with van der Waals surface area (Å²) in [6.45, 7) is 2.19. The van der Waals surface area contributed by atoms with Crippen LogP contribution in [0.2, 0.25) is 0 Å². The smallest absolute Gasteiger partial charge is 0.407 e. The average molecular weight is 422 g/mol. The second kappa shape index (κ2) is 9.62. The molecule has 0 saturated carbocycles. The average Bonchev–Trinajstić information content (AvgIpc) is 3.14. The van der Waals surface area contributed by atoms with Crippen LogP contribution in [0.25, 0.3) is 0 Å². The Morgan fingerprint density at radius 2 is 1.84 bits per heavy atom. The summed E-state index contributed by atoms with van der Waals surface area (Å²) in [4.78, 5) is 28.4. The zero-order valence-corrected chi connectivity index (χ0v) is 17.8. The molecule has 164 valence electrons. The summed E-state index contributed by atoms with van der Waals surface area (Å²) >= 11 is 0. The van der Waals surface area contributed by atoms with Gasteiger partial charge >= 0.3 is 6.09 Å². The molecular weight excluding hydrogens is 390 g/mol. The van der Waals surface area contributed by atoms with Gasteiger partial charge in [0, 0.05) is 26.1 Å². The van der Waals surface area contributed by atoms with Crippen LogP contribution in [0.5, 0.6) is 0 Å². The van der Waals surface area contributed by atoms with Crippen molar-refractivity contribution in [3.05, 3.63) is 71.8 Å². The molecule has 2 aromatic carbocycles. The maximum atomic E-state index is 14.1. The number of carbonyl (C=O) groups is 2. The third kappa shape index (κ3) is 4.65. The summed E-state index contributed by atoms with van der Waals surface area (Å²) < 4.78 is 5.59. The molecule has 1 unspecified atom stereocenters. The highest BCUT2D eigenvalue weighted by molar-refractivity contribution is 5.95. The number of ketones is 1. The standard InChI is InChI=1S/C25H31N3O3/c26-13-14-27-24(30)31-21-16-22-23(29)25(12-7-15-28(22)18-21,20-10-5-2-6-11-20)17-19-8-3-1-4-9-19/h1-6,8-11,21-22H,7,12-18,26H2,(H,27,30)/t21-,22+,25?/m1/s1. The van der Waals surface area contributed by atoms with Gasteiger partial charge in [-0.1, -0.05) is 60.7 Å². The van der Waals surface area contributed by atoms with Crippen LogP contribution in [0.3, 0.4) is 0 Å². The van der Waals surface area contributed by atoms with Gasteiger partial charge in [0.05, 0.1) is 11.5 Å². The molecule has 0 aromatic heterocycles. The first-order valence-electron chi connectivity index (χ1n) is 11.1. The second-order valence-corrected chi connectivity index (χ2v) is 8.57. The summed E-state index contributed by atoms with van der Waals surface area (Å²) in [5.74, 6) is 0.244. The van der Waals surface area contributed by atoms with Crippen molar-refractivity contribution in [3.63, 3.8) is 0 Å². The minimum Gasteiger partial charge on any atom is -0.445 e. The Balaban J connectivity index is 1.60. The van der Waals surface area contributed by atoms with Gasteiger partial charge in [-0.15, -0.1) is 0 Å². The molecule has 2 heterocycles. The number of amides is 1. The summed E-state index contributed by atoms with van der Waals surface area (Å²) in [6, 6.07) is 20.2. The molecule has 1 amide bonds. The van der Waals surface area contributed by atoms with E-state index in [2.05, 4.69) is 34.5 Å². The lowest BCUT2D eigenvalue weighted by Crippen LogP contribution is -2.46. The molecule has 0 bridgehead atoms. The van der Waals surface area contributed by atoms with E-state index in [1.807, 2.05) is 36.4 Å². The molecule has 2 aliphatic rings. The van der Waals surface area contributed by atoms with Crippen molar-refractivity contribution in [3.8, 4) is 0 Å². The molecule has 6 nitrogen and oxygen atoms in total. The minimum absolute atomic E-state index is 0.237. The summed E-state index contributed by atoms with van der Waals surface area (Å²) in [7, 11) is 0. The van der Waals surface area contributed by atoms with E-state index < -0.39 is 11.5 Å². The van der Waals surface area contributed by atoms with E-state index in [-0.39, 0.29) is 17.9 Å². The largest absolute Gasteiger partial charge is 0.445 e. The Kier molecular flexibility index (Phi) is 6.68. The molecular formula is C25H31N3O3. The Hall–Kier alpha value is -2.70. The Bertz CT molecular complexity index is 889. The number of carbonyl (C=O) groups excluding carboxylic acids is 2. The van der Waals surface area contributed by atoms with Gasteiger partial charge < -0.3 is 15.8 Å². The number of alkyl carbamates (subject to hydrolysis) is 1. The van der Waals surface area contributed by atoms with E-state index in [1.54, 1.807) is 0 Å². The van der Waals surface area contributed by atoms with Crippen molar-refractivity contribution in [2.75, 3.05) is 26.2 Å². The van der Waals surface area contributed by atoms with Gasteiger partial charge in [0.25, 0.3) is 0 Å². The third-order valence-electron chi connectivity index (χ3n) is 6.55. The van der Waals surface area contributed by atoms with E-state index in [4.69, 9.17) is 10.5 Å². The van der Waals surface area contributed by atoms with Gasteiger partial charge in [-0.25, -0.2) is 4.79 Å². The summed E-state index contributed by atoms with van der Waals surface area (Å²) in [5.41, 5.74) is 7.12. The number of hydrogen-bond donors (Lipinski definition) is 2. The van der Waals surface area contributed by atoms with Gasteiger partial charge in [-0.2, -0.15) is 0 Å². The normalized spacial score (nSPS) is 26.2. The highest BCUT2D eigenvalue weighted by Crippen LogP contribution is 2.41. The number of nitrogens with zero attached hydrogens (tertiary/aromatic N) is 1. The van der Waals surface area contributed by atoms with Crippen LogP contribution < -0.4 is 11.1 Å². The quantitative estimate of drug-likeness (QED) is 0.749. The Labute approximate surface area is 183 Å². The molecule has 2 saturated heterocycles. The topological polar surface area (TPSA) is 84.7 Å². The molecule has 6 heteroatoms. The predicted octanol–water partition coefficient (Wildman–Crippen LogP) is 2.66. The van der Waals surface area contributed by atoms with Crippen LogP contribution in [0, 0.1) is 0 Å². The number of Topliss-reactive ketones (excluding diaryl/α,β-unsaturated/α-hetero) is 1. The van der Waals surface area contributed by atoms with E-state index >= 15 is 0 Å². The first kappa shape index (κ1) is 21.5. The summed E-state index contributed by atoms with van der Waals surface area (Å²) in [5, 5.41) is 2.65. The van der Waals surface area contributed by atoms with E-state index in [9.17, 15) is 9.59 Å². The number of ether oxygens (including phenoxy) is 1. The van der Waals surface area contributed by atoms with E-state index in [0.29, 0.717) is 32.5 Å². The van der Waals surface area contributed by atoms with Crippen LogP contribution >= 0.6 is 0 Å². The van der Waals surface area contributed by atoms with Crippen molar-refractivity contribution < 1.29 is 14.3 Å². The zero-order valence-electron chi connectivity index (χ0n) is 17.8. The van der Waals surface area contributed by atoms with Crippen LogP contribution in [0.4, 0.5) is 4.79 Å². The number of nitrogens with one attached hydrogen (secondary N) is 1. The van der Waals surface area contributed by atoms with Crippen molar-refractivity contribution in [1.82, 2.24) is 10.2 Å². The van der Waals surface area contributed by atoms with E-state index in [0.717, 1.165) is 24.9 Å². The van der Waals surface area contributed by atoms with Crippen LogP contribution in [0.1, 0.15) is 30.4 Å². The van der Waals surface area contributed by atoms with Crippen LogP contribution in [-0.4, -0.2) is 55.1 Å². The zero-order chi connectivity index (χ0) is 21.7. The molecule has 0 spiro atoms. The molecule has 0 aliphatic carbocycles. The van der Waals surface area contributed by atoms with Gasteiger partial charge in [-0.3, -0.25) is 9.69 Å². The molecule has 2 fully saturated rings. The SMILES string of the molecule is NCCNC(=O)O[C@@H]1C[C@H]2C(=O)C(Cc3ccccc3)(c3ccccc3)CCCN2C1. The Morgan fingerprint density at radius 3 is 2.55 bits per heavy atom. The lowest BCUT2D eigenvalue weighted by Gasteiger charge is -2.34. The maximum absolute atomic E-state index is 14.1. The van der Waals surface area contributed by atoms with Crippen LogP contribution in [0.15, 0.2) is 60.7 Å². The number of rotatable bonds is 6. The molecule has 2 aromatic rings. The highest BCUT2D eigenvalue weighted by atomic mass is 16.6. The number of hydrogen-bond acceptors (Lipinski definition) is 5. The second-order valence-electron chi connectivity index (χ2n) is 8.57. The van der Waals surface area contributed by atoms with Gasteiger partial charge in [0.1, 0.15) is 6.10 Å². The van der Waals surface area contributed by atoms with Crippen molar-refractivity contribution in [1.29, 1.82) is 0 Å². The fourth-order valence-corrected chi connectivity index (χ4v) is 5.13. The molecule has 2 aliphatic heterocycles. The first-order chi connectivity index (χ1) is 15.1. The van der Waals surface area contributed by atoms with E-state index in [1.165, 1.54) is 5.56 Å². The third-order valence-corrected chi connectivity index (χ3v) is 6.55. The number of fused-ring (bicyclic) bond motifs is 1. The van der Waals surface area contributed by atoms with Crippen molar-refractivity contribution >= 4 is 11.9 Å². The fraction of sp³-hybridized carbons (Fsp3) is 0.440. The number of benzene rings is 2. The molecule has 3 N–H and O–H groups in total. The lowest BCUT2D eigenvalue weighted by molar-refractivity contribution is -0.128. The lowest BCUT2D eigenvalue weighted by atomic mass is 9.68. The molecule has 0 radical (unpaired) electrons. The molecule has 31 heavy (non-hydrogen) atoms. The summed E-state index contributed by atoms with van der Waals surface area (Å²) in [6.07, 6.45) is 2.23. The Morgan fingerprint density at radius 1 is 1.13 bits per heavy atom. The number of nitrogens with two attached hydrogens (primary N) is 1. The molecule has 3 atom stereocenters. The highest BCUT2D eigenvalue weighted by Gasteiger charge is 2.50. The molecule has 4 rings (SSSR count). The minimum atomic E-state index is -0.571. The fourth-order valence-electron chi connectivity index (χ4n) is 5.13. The maximum Gasteiger partial charge on any atom is 0.407 e. The van der Waals surface area contributed by atoms with Crippen LogP contribution in [-0.2, 0) is 21.4 Å². The van der Waals surface area contributed by atoms with Gasteiger partial charge in [0.2, 0.25) is 0 Å². The van der Waals surface area contributed by atoms with Gasteiger partial charge in [-0.05, 0) is 36.9 Å². The van der Waals surface area contributed by atoms with Gasteiger partial charge in [0.15, 0.2) is 5.78 Å². The van der Waals surface area contributed by atoms with Crippen molar-refractivity contribution in [2.24, 2.45) is 5.73 Å². The monoisotopic (exact) mass is 421 g/mol.